The molecule has 3 rings (SSSR count). The number of fused-ring (bicyclic) bond motifs is 1. The molecule has 1 aliphatic carbocycles. The Hall–Kier alpha value is -1.10. The fourth-order valence-electron chi connectivity index (χ4n) is 3.70. The second-order valence-electron chi connectivity index (χ2n) is 6.35. The van der Waals surface area contributed by atoms with Gasteiger partial charge in [0.2, 0.25) is 5.95 Å². The van der Waals surface area contributed by atoms with Crippen LogP contribution in [-0.4, -0.2) is 9.55 Å². The largest absolute Gasteiger partial charge is 0.369 e. The SMILES string of the molecule is CC(C)C1CCCCC1n1c(N)nc2cc(Br)c(F)cc21. The lowest BCUT2D eigenvalue weighted by molar-refractivity contribution is 0.189. The van der Waals surface area contributed by atoms with Gasteiger partial charge in [0.05, 0.1) is 15.5 Å². The average molecular weight is 354 g/mol. The monoisotopic (exact) mass is 353 g/mol. The first kappa shape index (κ1) is 14.8. The zero-order chi connectivity index (χ0) is 15.1. The van der Waals surface area contributed by atoms with Gasteiger partial charge in [0.1, 0.15) is 5.82 Å². The van der Waals surface area contributed by atoms with Crippen LogP contribution in [0, 0.1) is 17.7 Å². The molecule has 0 spiro atoms. The molecule has 3 nitrogen and oxygen atoms in total. The van der Waals surface area contributed by atoms with Gasteiger partial charge in [-0.25, -0.2) is 9.37 Å². The van der Waals surface area contributed by atoms with Crippen LogP contribution in [0.25, 0.3) is 11.0 Å². The Kier molecular flexibility index (Phi) is 3.95. The molecule has 5 heteroatoms. The molecular weight excluding hydrogens is 333 g/mol. The van der Waals surface area contributed by atoms with E-state index in [9.17, 15) is 4.39 Å². The van der Waals surface area contributed by atoms with Gasteiger partial charge in [-0.15, -0.1) is 0 Å². The van der Waals surface area contributed by atoms with Gasteiger partial charge < -0.3 is 10.3 Å². The van der Waals surface area contributed by atoms with Crippen LogP contribution in [0.15, 0.2) is 16.6 Å². The number of nitrogens with two attached hydrogens (primary N) is 1. The zero-order valence-corrected chi connectivity index (χ0v) is 14.0. The van der Waals surface area contributed by atoms with Crippen molar-refractivity contribution in [1.29, 1.82) is 0 Å². The van der Waals surface area contributed by atoms with E-state index in [2.05, 4.69) is 39.3 Å². The van der Waals surface area contributed by atoms with E-state index in [-0.39, 0.29) is 5.82 Å². The number of nitrogen functional groups attached to an aromatic ring is 1. The van der Waals surface area contributed by atoms with Gasteiger partial charge in [-0.05, 0) is 46.7 Å². The first-order valence-electron chi connectivity index (χ1n) is 7.61. The van der Waals surface area contributed by atoms with Crippen molar-refractivity contribution in [3.05, 3.63) is 22.4 Å². The number of hydrogen-bond acceptors (Lipinski definition) is 2. The molecule has 1 aliphatic rings. The molecule has 0 amide bonds. The molecule has 1 aromatic heterocycles. The predicted molar refractivity (Wildman–Crippen MR) is 87.6 cm³/mol. The third kappa shape index (κ3) is 2.56. The Morgan fingerprint density at radius 3 is 2.76 bits per heavy atom. The normalized spacial score (nSPS) is 23.1. The van der Waals surface area contributed by atoms with Gasteiger partial charge in [0.15, 0.2) is 0 Å². The van der Waals surface area contributed by atoms with Crippen molar-refractivity contribution in [2.75, 3.05) is 5.73 Å². The molecule has 2 unspecified atom stereocenters. The fourth-order valence-corrected chi connectivity index (χ4v) is 4.03. The number of hydrogen-bond donors (Lipinski definition) is 1. The van der Waals surface area contributed by atoms with Crippen LogP contribution in [0.1, 0.15) is 45.6 Å². The summed E-state index contributed by atoms with van der Waals surface area (Å²) in [6.07, 6.45) is 4.77. The lowest BCUT2D eigenvalue weighted by atomic mass is 9.77. The van der Waals surface area contributed by atoms with E-state index in [0.717, 1.165) is 17.5 Å². The van der Waals surface area contributed by atoms with Gasteiger partial charge in [0.25, 0.3) is 0 Å². The molecular formula is C16H21BrFN3. The summed E-state index contributed by atoms with van der Waals surface area (Å²) < 4.78 is 16.4. The Labute approximate surface area is 132 Å². The van der Waals surface area contributed by atoms with E-state index in [1.165, 1.54) is 19.3 Å². The third-order valence-corrected chi connectivity index (χ3v) is 5.34. The summed E-state index contributed by atoms with van der Waals surface area (Å²) >= 11 is 3.22. The minimum absolute atomic E-state index is 0.263. The summed E-state index contributed by atoms with van der Waals surface area (Å²) in [5.41, 5.74) is 7.73. The highest BCUT2D eigenvalue weighted by atomic mass is 79.9. The molecule has 2 N–H and O–H groups in total. The predicted octanol–water partition coefficient (Wildman–Crippen LogP) is 4.91. The van der Waals surface area contributed by atoms with Gasteiger partial charge in [-0.2, -0.15) is 0 Å². The highest BCUT2D eigenvalue weighted by Gasteiger charge is 2.31. The summed E-state index contributed by atoms with van der Waals surface area (Å²) in [5.74, 6) is 1.40. The summed E-state index contributed by atoms with van der Waals surface area (Å²) in [4.78, 5) is 4.43. The Balaban J connectivity index is 2.14. The number of nitrogens with zero attached hydrogens (tertiary/aromatic N) is 2. The summed E-state index contributed by atoms with van der Waals surface area (Å²) in [5, 5.41) is 0. The smallest absolute Gasteiger partial charge is 0.201 e. The Morgan fingerprint density at radius 2 is 2.05 bits per heavy atom. The van der Waals surface area contributed by atoms with Crippen LogP contribution in [0.4, 0.5) is 10.3 Å². The first-order valence-corrected chi connectivity index (χ1v) is 8.40. The Morgan fingerprint density at radius 1 is 1.33 bits per heavy atom. The maximum Gasteiger partial charge on any atom is 0.201 e. The van der Waals surface area contributed by atoms with Crippen molar-refractivity contribution >= 4 is 32.9 Å². The minimum Gasteiger partial charge on any atom is -0.369 e. The second-order valence-corrected chi connectivity index (χ2v) is 7.21. The van der Waals surface area contributed by atoms with E-state index in [0.29, 0.717) is 28.3 Å². The second kappa shape index (κ2) is 5.59. The number of imidazole rings is 1. The van der Waals surface area contributed by atoms with E-state index in [1.807, 2.05) is 0 Å². The molecule has 114 valence electrons. The van der Waals surface area contributed by atoms with Crippen LogP contribution in [0.2, 0.25) is 0 Å². The summed E-state index contributed by atoms with van der Waals surface area (Å²) in [6, 6.07) is 3.59. The molecule has 2 aromatic rings. The highest BCUT2D eigenvalue weighted by molar-refractivity contribution is 9.10. The molecule has 2 atom stereocenters. The molecule has 0 saturated heterocycles. The lowest BCUT2D eigenvalue weighted by Crippen LogP contribution is -2.27. The van der Waals surface area contributed by atoms with Crippen molar-refractivity contribution in [2.24, 2.45) is 11.8 Å². The highest BCUT2D eigenvalue weighted by Crippen LogP contribution is 2.41. The number of halogens is 2. The van der Waals surface area contributed by atoms with Crippen molar-refractivity contribution in [2.45, 2.75) is 45.6 Å². The lowest BCUT2D eigenvalue weighted by Gasteiger charge is -2.36. The molecule has 0 bridgehead atoms. The van der Waals surface area contributed by atoms with Gasteiger partial charge in [0, 0.05) is 12.1 Å². The molecule has 1 heterocycles. The molecule has 1 fully saturated rings. The van der Waals surface area contributed by atoms with Crippen LogP contribution in [0.3, 0.4) is 0 Å². The van der Waals surface area contributed by atoms with E-state index >= 15 is 0 Å². The molecule has 0 radical (unpaired) electrons. The van der Waals surface area contributed by atoms with Crippen molar-refractivity contribution in [3.8, 4) is 0 Å². The topological polar surface area (TPSA) is 43.8 Å². The average Bonchev–Trinajstić information content (AvgIpc) is 2.74. The third-order valence-electron chi connectivity index (χ3n) is 4.73. The van der Waals surface area contributed by atoms with Crippen LogP contribution in [-0.2, 0) is 0 Å². The number of aromatic nitrogens is 2. The van der Waals surface area contributed by atoms with Gasteiger partial charge in [-0.3, -0.25) is 0 Å². The Bertz CT molecular complexity index is 665. The standard InChI is InChI=1S/C16H21BrFN3/c1-9(2)10-5-3-4-6-14(10)21-15-8-12(18)11(17)7-13(15)20-16(21)19/h7-10,14H,3-6H2,1-2H3,(H2,19,20). The zero-order valence-electron chi connectivity index (χ0n) is 12.4. The first-order chi connectivity index (χ1) is 9.99. The van der Waals surface area contributed by atoms with Crippen molar-refractivity contribution in [1.82, 2.24) is 9.55 Å². The molecule has 0 aliphatic heterocycles. The quantitative estimate of drug-likeness (QED) is 0.833. The molecule has 21 heavy (non-hydrogen) atoms. The fraction of sp³-hybridized carbons (Fsp3) is 0.562. The van der Waals surface area contributed by atoms with Crippen molar-refractivity contribution in [3.63, 3.8) is 0 Å². The number of rotatable bonds is 2. The van der Waals surface area contributed by atoms with Crippen LogP contribution in [0.5, 0.6) is 0 Å². The maximum absolute atomic E-state index is 13.9. The minimum atomic E-state index is -0.263. The molecule has 1 aromatic carbocycles. The van der Waals surface area contributed by atoms with Crippen molar-refractivity contribution < 1.29 is 4.39 Å². The van der Waals surface area contributed by atoms with Crippen LogP contribution < -0.4 is 5.73 Å². The maximum atomic E-state index is 13.9. The number of benzene rings is 1. The van der Waals surface area contributed by atoms with E-state index < -0.39 is 0 Å². The van der Waals surface area contributed by atoms with E-state index in [1.54, 1.807) is 12.1 Å². The van der Waals surface area contributed by atoms with Gasteiger partial charge >= 0.3 is 0 Å². The van der Waals surface area contributed by atoms with Gasteiger partial charge in [-0.1, -0.05) is 26.7 Å². The summed E-state index contributed by atoms with van der Waals surface area (Å²) in [6.45, 7) is 4.52. The number of anilines is 1. The van der Waals surface area contributed by atoms with Crippen LogP contribution >= 0.6 is 15.9 Å². The van der Waals surface area contributed by atoms with E-state index in [4.69, 9.17) is 5.73 Å². The summed E-state index contributed by atoms with van der Waals surface area (Å²) in [7, 11) is 0. The molecule has 1 saturated carbocycles.